The lowest BCUT2D eigenvalue weighted by Crippen LogP contribution is -2.41. The Morgan fingerprint density at radius 2 is 2.06 bits per heavy atom. The molecule has 18 heavy (non-hydrogen) atoms. The second kappa shape index (κ2) is 4.92. The fourth-order valence-electron chi connectivity index (χ4n) is 2.62. The quantitative estimate of drug-likeness (QED) is 0.855. The molecule has 0 saturated carbocycles. The fraction of sp³-hybridized carbons (Fsp3) is 0.571. The van der Waals surface area contributed by atoms with Crippen molar-refractivity contribution in [2.45, 2.75) is 32.4 Å². The molecule has 4 heteroatoms. The molecule has 1 aliphatic rings. The Labute approximate surface area is 105 Å². The highest BCUT2D eigenvalue weighted by Gasteiger charge is 2.41. The zero-order chi connectivity index (χ0) is 13.3. The predicted molar refractivity (Wildman–Crippen MR) is 65.1 cm³/mol. The van der Waals surface area contributed by atoms with Gasteiger partial charge in [-0.05, 0) is 44.9 Å². The molecular weight excluding hydrogens is 239 g/mol. The molecule has 2 rings (SSSR count). The SMILES string of the molecule is Cc1ccc(F)c(C(C)(F)C2CCCNC2)c1F. The van der Waals surface area contributed by atoms with Crippen LogP contribution < -0.4 is 5.32 Å². The number of hydrogen-bond acceptors (Lipinski definition) is 1. The van der Waals surface area contributed by atoms with E-state index < -0.39 is 28.8 Å². The van der Waals surface area contributed by atoms with Crippen LogP contribution in [0.3, 0.4) is 0 Å². The Bertz CT molecular complexity index is 437. The van der Waals surface area contributed by atoms with Crippen LogP contribution in [-0.4, -0.2) is 13.1 Å². The van der Waals surface area contributed by atoms with Crippen LogP contribution in [-0.2, 0) is 5.67 Å². The molecule has 1 aliphatic heterocycles. The molecule has 2 atom stereocenters. The van der Waals surface area contributed by atoms with E-state index in [1.807, 2.05) is 0 Å². The topological polar surface area (TPSA) is 12.0 Å². The predicted octanol–water partition coefficient (Wildman–Crippen LogP) is 3.46. The van der Waals surface area contributed by atoms with Crippen molar-refractivity contribution in [2.24, 2.45) is 5.92 Å². The van der Waals surface area contributed by atoms with Gasteiger partial charge in [-0.2, -0.15) is 0 Å². The smallest absolute Gasteiger partial charge is 0.142 e. The van der Waals surface area contributed by atoms with Crippen LogP contribution in [0.25, 0.3) is 0 Å². The van der Waals surface area contributed by atoms with E-state index in [0.29, 0.717) is 13.0 Å². The van der Waals surface area contributed by atoms with E-state index in [-0.39, 0.29) is 5.56 Å². The van der Waals surface area contributed by atoms with Crippen LogP contribution in [0.15, 0.2) is 12.1 Å². The highest BCUT2D eigenvalue weighted by molar-refractivity contribution is 5.32. The van der Waals surface area contributed by atoms with Gasteiger partial charge in [-0.3, -0.25) is 0 Å². The first-order valence-corrected chi connectivity index (χ1v) is 6.29. The Kier molecular flexibility index (Phi) is 3.66. The molecule has 0 aliphatic carbocycles. The van der Waals surface area contributed by atoms with Crippen molar-refractivity contribution >= 4 is 0 Å². The Hall–Kier alpha value is -1.03. The first-order chi connectivity index (χ1) is 8.44. The monoisotopic (exact) mass is 257 g/mol. The molecule has 2 unspecified atom stereocenters. The van der Waals surface area contributed by atoms with Gasteiger partial charge in [0.25, 0.3) is 0 Å². The average Bonchev–Trinajstić information content (AvgIpc) is 2.35. The van der Waals surface area contributed by atoms with E-state index in [1.165, 1.54) is 19.9 Å². The number of halogens is 3. The molecule has 1 fully saturated rings. The maximum absolute atomic E-state index is 14.9. The number of aryl methyl sites for hydroxylation is 1. The zero-order valence-corrected chi connectivity index (χ0v) is 10.7. The minimum Gasteiger partial charge on any atom is -0.316 e. The first kappa shape index (κ1) is 13.4. The second-order valence-electron chi connectivity index (χ2n) is 5.17. The summed E-state index contributed by atoms with van der Waals surface area (Å²) in [5.74, 6) is -1.95. The lowest BCUT2D eigenvalue weighted by molar-refractivity contribution is 0.0728. The van der Waals surface area contributed by atoms with E-state index in [1.54, 1.807) is 0 Å². The minimum absolute atomic E-state index is 0.277. The first-order valence-electron chi connectivity index (χ1n) is 6.29. The highest BCUT2D eigenvalue weighted by Crippen LogP contribution is 2.40. The Morgan fingerprint density at radius 3 is 2.67 bits per heavy atom. The standard InChI is InChI=1S/C14H18F3N/c1-9-5-6-11(15)12(13(9)16)14(2,17)10-4-3-7-18-8-10/h5-6,10,18H,3-4,7-8H2,1-2H3. The number of piperidine rings is 1. The number of rotatable bonds is 2. The molecule has 0 radical (unpaired) electrons. The lowest BCUT2D eigenvalue weighted by Gasteiger charge is -2.34. The maximum atomic E-state index is 14.9. The van der Waals surface area contributed by atoms with E-state index in [2.05, 4.69) is 5.32 Å². The van der Waals surface area contributed by atoms with Crippen molar-refractivity contribution in [1.29, 1.82) is 0 Å². The Balaban J connectivity index is 2.42. The normalized spacial score (nSPS) is 23.7. The summed E-state index contributed by atoms with van der Waals surface area (Å²) in [7, 11) is 0. The highest BCUT2D eigenvalue weighted by atomic mass is 19.2. The number of nitrogens with one attached hydrogen (secondary N) is 1. The molecule has 0 spiro atoms. The molecule has 1 aromatic rings. The van der Waals surface area contributed by atoms with Gasteiger partial charge in [0, 0.05) is 12.5 Å². The second-order valence-corrected chi connectivity index (χ2v) is 5.17. The third kappa shape index (κ3) is 2.26. The number of benzene rings is 1. The third-order valence-electron chi connectivity index (χ3n) is 3.84. The molecule has 0 aromatic heterocycles. The van der Waals surface area contributed by atoms with Crippen LogP contribution in [0.1, 0.15) is 30.9 Å². The van der Waals surface area contributed by atoms with Crippen LogP contribution in [0.5, 0.6) is 0 Å². The molecule has 0 amide bonds. The summed E-state index contributed by atoms with van der Waals surface area (Å²) in [6.45, 7) is 4.10. The van der Waals surface area contributed by atoms with Gasteiger partial charge < -0.3 is 5.32 Å². The van der Waals surface area contributed by atoms with Crippen molar-refractivity contribution in [1.82, 2.24) is 5.32 Å². The van der Waals surface area contributed by atoms with Crippen LogP contribution in [0.4, 0.5) is 13.2 Å². The Morgan fingerprint density at radius 1 is 1.33 bits per heavy atom. The summed E-state index contributed by atoms with van der Waals surface area (Å²) in [5, 5.41) is 3.08. The minimum atomic E-state index is -1.98. The lowest BCUT2D eigenvalue weighted by atomic mass is 9.79. The van der Waals surface area contributed by atoms with Crippen molar-refractivity contribution in [3.63, 3.8) is 0 Å². The van der Waals surface area contributed by atoms with Crippen LogP contribution in [0.2, 0.25) is 0 Å². The van der Waals surface area contributed by atoms with Gasteiger partial charge in [0.05, 0.1) is 5.56 Å². The molecule has 100 valence electrons. The van der Waals surface area contributed by atoms with Gasteiger partial charge in [0.15, 0.2) is 0 Å². The van der Waals surface area contributed by atoms with Crippen LogP contribution >= 0.6 is 0 Å². The van der Waals surface area contributed by atoms with Crippen molar-refractivity contribution in [3.05, 3.63) is 34.9 Å². The summed E-state index contributed by atoms with van der Waals surface area (Å²) in [6.07, 6.45) is 1.48. The summed E-state index contributed by atoms with van der Waals surface area (Å²) in [4.78, 5) is 0. The van der Waals surface area contributed by atoms with Gasteiger partial charge in [-0.1, -0.05) is 6.07 Å². The van der Waals surface area contributed by atoms with Gasteiger partial charge in [-0.15, -0.1) is 0 Å². The number of hydrogen-bond donors (Lipinski definition) is 1. The molecule has 1 aromatic carbocycles. The summed E-state index contributed by atoms with van der Waals surface area (Å²) >= 11 is 0. The zero-order valence-electron chi connectivity index (χ0n) is 10.7. The van der Waals surface area contributed by atoms with Crippen molar-refractivity contribution < 1.29 is 13.2 Å². The van der Waals surface area contributed by atoms with Crippen LogP contribution in [0, 0.1) is 24.5 Å². The molecule has 1 N–H and O–H groups in total. The van der Waals surface area contributed by atoms with Gasteiger partial charge in [-0.25, -0.2) is 13.2 Å². The van der Waals surface area contributed by atoms with Crippen molar-refractivity contribution in [3.8, 4) is 0 Å². The molecular formula is C14H18F3N. The van der Waals surface area contributed by atoms with Gasteiger partial charge in [0.2, 0.25) is 0 Å². The van der Waals surface area contributed by atoms with E-state index >= 15 is 0 Å². The van der Waals surface area contributed by atoms with Gasteiger partial charge >= 0.3 is 0 Å². The molecule has 1 heterocycles. The average molecular weight is 257 g/mol. The van der Waals surface area contributed by atoms with Gasteiger partial charge in [0.1, 0.15) is 17.3 Å². The summed E-state index contributed by atoms with van der Waals surface area (Å²) in [6, 6.07) is 2.48. The maximum Gasteiger partial charge on any atom is 0.142 e. The van der Waals surface area contributed by atoms with E-state index in [9.17, 15) is 13.2 Å². The summed E-state index contributed by atoms with van der Waals surface area (Å²) < 4.78 is 42.7. The fourth-order valence-corrected chi connectivity index (χ4v) is 2.62. The largest absolute Gasteiger partial charge is 0.316 e. The van der Waals surface area contributed by atoms with E-state index in [4.69, 9.17) is 0 Å². The van der Waals surface area contributed by atoms with E-state index in [0.717, 1.165) is 19.0 Å². The molecule has 1 saturated heterocycles. The molecule has 1 nitrogen and oxygen atoms in total. The van der Waals surface area contributed by atoms with Crippen molar-refractivity contribution in [2.75, 3.05) is 13.1 Å². The summed E-state index contributed by atoms with van der Waals surface area (Å²) in [5.41, 5.74) is -2.12. The number of alkyl halides is 1. The molecule has 0 bridgehead atoms. The third-order valence-corrected chi connectivity index (χ3v) is 3.84.